The number of rotatable bonds is 5. The molecule has 104 valence electrons. The van der Waals surface area contributed by atoms with Crippen LogP contribution in [0.2, 0.25) is 0 Å². The van der Waals surface area contributed by atoms with Crippen LogP contribution in [0.3, 0.4) is 0 Å². The summed E-state index contributed by atoms with van der Waals surface area (Å²) in [5, 5.41) is 2.69. The highest BCUT2D eigenvalue weighted by molar-refractivity contribution is 5.93. The Morgan fingerprint density at radius 2 is 2.00 bits per heavy atom. The molecule has 1 amide bonds. The predicted molar refractivity (Wildman–Crippen MR) is 68.5 cm³/mol. The van der Waals surface area contributed by atoms with Crippen molar-refractivity contribution in [2.45, 2.75) is 13.2 Å². The van der Waals surface area contributed by atoms with Crippen molar-refractivity contribution in [1.82, 2.24) is 10.3 Å². The number of ether oxygens (including phenoxy) is 1. The number of benzene rings is 1. The summed E-state index contributed by atoms with van der Waals surface area (Å²) in [6.45, 7) is -2.64. The first-order valence-corrected chi connectivity index (χ1v) is 5.87. The second kappa shape index (κ2) is 6.60. The molecule has 0 bridgehead atoms. The molecule has 0 atom stereocenters. The standard InChI is InChI=1S/C14H12F2N2O2/c15-14(16)20-12-3-1-2-10(8-12)9-18-13(19)11-4-6-17-7-5-11/h1-8,14H,9H2,(H,18,19). The van der Waals surface area contributed by atoms with Gasteiger partial charge in [-0.2, -0.15) is 8.78 Å². The maximum absolute atomic E-state index is 12.1. The van der Waals surface area contributed by atoms with E-state index in [0.29, 0.717) is 11.1 Å². The van der Waals surface area contributed by atoms with E-state index in [0.717, 1.165) is 0 Å². The first-order chi connectivity index (χ1) is 9.65. The number of nitrogens with zero attached hydrogens (tertiary/aromatic N) is 1. The van der Waals surface area contributed by atoms with Crippen molar-refractivity contribution in [2.24, 2.45) is 0 Å². The third kappa shape index (κ3) is 4.01. The minimum absolute atomic E-state index is 0.0654. The van der Waals surface area contributed by atoms with E-state index < -0.39 is 6.61 Å². The molecule has 6 heteroatoms. The second-order valence-electron chi connectivity index (χ2n) is 3.94. The van der Waals surface area contributed by atoms with Gasteiger partial charge in [-0.05, 0) is 29.8 Å². The first kappa shape index (κ1) is 13.9. The Kier molecular flexibility index (Phi) is 4.60. The molecule has 0 unspecified atom stereocenters. The quantitative estimate of drug-likeness (QED) is 0.914. The fourth-order valence-electron chi connectivity index (χ4n) is 1.62. The van der Waals surface area contributed by atoms with E-state index >= 15 is 0 Å². The van der Waals surface area contributed by atoms with Gasteiger partial charge in [0, 0.05) is 24.5 Å². The molecule has 0 spiro atoms. The van der Waals surface area contributed by atoms with E-state index in [1.807, 2.05) is 0 Å². The van der Waals surface area contributed by atoms with Crippen molar-refractivity contribution >= 4 is 5.91 Å². The van der Waals surface area contributed by atoms with Crippen LogP contribution in [0.1, 0.15) is 15.9 Å². The number of halogens is 2. The second-order valence-corrected chi connectivity index (χ2v) is 3.94. The lowest BCUT2D eigenvalue weighted by Crippen LogP contribution is -2.22. The third-order valence-electron chi connectivity index (χ3n) is 2.52. The largest absolute Gasteiger partial charge is 0.435 e. The summed E-state index contributed by atoms with van der Waals surface area (Å²) in [4.78, 5) is 15.6. The van der Waals surface area contributed by atoms with Crippen LogP contribution in [0, 0.1) is 0 Å². The third-order valence-corrected chi connectivity index (χ3v) is 2.52. The van der Waals surface area contributed by atoms with Crippen LogP contribution in [0.4, 0.5) is 8.78 Å². The van der Waals surface area contributed by atoms with Crippen LogP contribution >= 0.6 is 0 Å². The average Bonchev–Trinajstić information content (AvgIpc) is 2.45. The Hall–Kier alpha value is -2.50. The van der Waals surface area contributed by atoms with E-state index in [4.69, 9.17) is 0 Å². The van der Waals surface area contributed by atoms with E-state index in [1.165, 1.54) is 24.5 Å². The van der Waals surface area contributed by atoms with E-state index in [9.17, 15) is 13.6 Å². The number of carbonyl (C=O) groups is 1. The minimum atomic E-state index is -2.86. The van der Waals surface area contributed by atoms with Crippen molar-refractivity contribution in [2.75, 3.05) is 0 Å². The van der Waals surface area contributed by atoms with Crippen molar-refractivity contribution in [1.29, 1.82) is 0 Å². The fourth-order valence-corrected chi connectivity index (χ4v) is 1.62. The highest BCUT2D eigenvalue weighted by atomic mass is 19.3. The molecule has 4 nitrogen and oxygen atoms in total. The van der Waals surface area contributed by atoms with Crippen molar-refractivity contribution in [3.63, 3.8) is 0 Å². The molecule has 0 aliphatic heterocycles. The molecular weight excluding hydrogens is 266 g/mol. The number of hydrogen-bond donors (Lipinski definition) is 1. The number of alkyl halides is 2. The van der Waals surface area contributed by atoms with Gasteiger partial charge < -0.3 is 10.1 Å². The average molecular weight is 278 g/mol. The molecule has 0 saturated carbocycles. The summed E-state index contributed by atoms with van der Waals surface area (Å²) in [5.41, 5.74) is 1.16. The number of carbonyl (C=O) groups excluding carboxylic acids is 1. The van der Waals surface area contributed by atoms with Gasteiger partial charge in [-0.25, -0.2) is 0 Å². The summed E-state index contributed by atoms with van der Waals surface area (Å²) in [5.74, 6) is -0.191. The zero-order valence-corrected chi connectivity index (χ0v) is 10.4. The number of pyridine rings is 1. The molecule has 2 aromatic rings. The molecule has 20 heavy (non-hydrogen) atoms. The Balaban J connectivity index is 1.95. The molecular formula is C14H12F2N2O2. The van der Waals surface area contributed by atoms with Crippen LogP contribution in [0.25, 0.3) is 0 Å². The lowest BCUT2D eigenvalue weighted by molar-refractivity contribution is -0.0498. The van der Waals surface area contributed by atoms with Crippen LogP contribution in [-0.4, -0.2) is 17.5 Å². The maximum atomic E-state index is 12.1. The monoisotopic (exact) mass is 278 g/mol. The Morgan fingerprint density at radius 1 is 1.25 bits per heavy atom. The summed E-state index contributed by atoms with van der Waals surface area (Å²) >= 11 is 0. The summed E-state index contributed by atoms with van der Waals surface area (Å²) in [6, 6.07) is 9.37. The van der Waals surface area contributed by atoms with Gasteiger partial charge in [-0.3, -0.25) is 9.78 Å². The number of aromatic nitrogens is 1. The minimum Gasteiger partial charge on any atom is -0.435 e. The molecule has 2 rings (SSSR count). The van der Waals surface area contributed by atoms with Crippen molar-refractivity contribution < 1.29 is 18.3 Å². The van der Waals surface area contributed by atoms with Crippen LogP contribution in [0.15, 0.2) is 48.8 Å². The summed E-state index contributed by atoms with van der Waals surface area (Å²) < 4.78 is 28.5. The molecule has 0 aliphatic carbocycles. The molecule has 0 aliphatic rings. The van der Waals surface area contributed by atoms with Gasteiger partial charge in [-0.15, -0.1) is 0 Å². The number of amides is 1. The summed E-state index contributed by atoms with van der Waals surface area (Å²) in [6.07, 6.45) is 3.04. The van der Waals surface area contributed by atoms with E-state index in [-0.39, 0.29) is 18.2 Å². The van der Waals surface area contributed by atoms with Crippen molar-refractivity contribution in [3.8, 4) is 5.75 Å². The molecule has 1 heterocycles. The lowest BCUT2D eigenvalue weighted by Gasteiger charge is -2.08. The van der Waals surface area contributed by atoms with Gasteiger partial charge in [0.2, 0.25) is 0 Å². The summed E-state index contributed by atoms with van der Waals surface area (Å²) in [7, 11) is 0. The van der Waals surface area contributed by atoms with Crippen LogP contribution < -0.4 is 10.1 Å². The fraction of sp³-hybridized carbons (Fsp3) is 0.143. The first-order valence-electron chi connectivity index (χ1n) is 5.87. The highest BCUT2D eigenvalue weighted by Crippen LogP contribution is 2.15. The Labute approximate surface area is 114 Å². The smallest absolute Gasteiger partial charge is 0.387 e. The molecule has 0 radical (unpaired) electrons. The van der Waals surface area contributed by atoms with Crippen molar-refractivity contribution in [3.05, 3.63) is 59.9 Å². The van der Waals surface area contributed by atoms with Gasteiger partial charge >= 0.3 is 6.61 Å². The zero-order valence-electron chi connectivity index (χ0n) is 10.4. The number of nitrogens with one attached hydrogen (secondary N) is 1. The van der Waals surface area contributed by atoms with Gasteiger partial charge in [0.15, 0.2) is 0 Å². The lowest BCUT2D eigenvalue weighted by atomic mass is 10.2. The van der Waals surface area contributed by atoms with Crippen LogP contribution in [0.5, 0.6) is 5.75 Å². The Bertz CT molecular complexity index is 576. The van der Waals surface area contributed by atoms with Gasteiger partial charge in [-0.1, -0.05) is 12.1 Å². The molecule has 0 saturated heterocycles. The normalized spacial score (nSPS) is 10.3. The SMILES string of the molecule is O=C(NCc1cccc(OC(F)F)c1)c1ccncc1. The van der Waals surface area contributed by atoms with Crippen LogP contribution in [-0.2, 0) is 6.54 Å². The Morgan fingerprint density at radius 3 is 2.70 bits per heavy atom. The predicted octanol–water partition coefficient (Wildman–Crippen LogP) is 2.61. The molecule has 1 aromatic heterocycles. The molecule has 1 aromatic carbocycles. The van der Waals surface area contributed by atoms with E-state index in [1.54, 1.807) is 24.3 Å². The van der Waals surface area contributed by atoms with Gasteiger partial charge in [0.25, 0.3) is 5.91 Å². The number of hydrogen-bond acceptors (Lipinski definition) is 3. The van der Waals surface area contributed by atoms with Gasteiger partial charge in [0.1, 0.15) is 5.75 Å². The zero-order chi connectivity index (χ0) is 14.4. The molecule has 1 N–H and O–H groups in total. The topological polar surface area (TPSA) is 51.2 Å². The highest BCUT2D eigenvalue weighted by Gasteiger charge is 2.07. The van der Waals surface area contributed by atoms with Gasteiger partial charge in [0.05, 0.1) is 0 Å². The van der Waals surface area contributed by atoms with E-state index in [2.05, 4.69) is 15.0 Å². The molecule has 0 fully saturated rings. The maximum Gasteiger partial charge on any atom is 0.387 e.